The van der Waals surface area contributed by atoms with E-state index in [-0.39, 0.29) is 6.61 Å². The van der Waals surface area contributed by atoms with Crippen LogP contribution in [0.15, 0.2) is 23.1 Å². The highest BCUT2D eigenvalue weighted by Crippen LogP contribution is 2.26. The maximum absolute atomic E-state index is 9.21. The van der Waals surface area contributed by atoms with E-state index in [2.05, 4.69) is 18.3 Å². The van der Waals surface area contributed by atoms with Gasteiger partial charge in [0.1, 0.15) is 6.07 Å². The van der Waals surface area contributed by atoms with Crippen molar-refractivity contribution in [1.82, 2.24) is 0 Å². The normalized spacial score (nSPS) is 11.9. The van der Waals surface area contributed by atoms with Crippen molar-refractivity contribution >= 4 is 17.4 Å². The Kier molecular flexibility index (Phi) is 6.63. The van der Waals surface area contributed by atoms with E-state index in [1.54, 1.807) is 11.8 Å². The molecule has 0 fully saturated rings. The van der Waals surface area contributed by atoms with E-state index in [0.29, 0.717) is 11.5 Å². The van der Waals surface area contributed by atoms with Crippen LogP contribution in [0.3, 0.4) is 0 Å². The van der Waals surface area contributed by atoms with E-state index in [4.69, 9.17) is 5.11 Å². The highest BCUT2D eigenvalue weighted by Gasteiger charge is 2.09. The summed E-state index contributed by atoms with van der Waals surface area (Å²) >= 11 is 1.58. The van der Waals surface area contributed by atoms with Gasteiger partial charge in [0.2, 0.25) is 0 Å². The molecule has 0 aliphatic rings. The van der Waals surface area contributed by atoms with Crippen molar-refractivity contribution in [1.29, 1.82) is 5.26 Å². The molecule has 0 saturated carbocycles. The molecule has 1 unspecified atom stereocenters. The fraction of sp³-hybridized carbons (Fsp3) is 0.500. The first-order valence-electron chi connectivity index (χ1n) is 6.18. The maximum Gasteiger partial charge on any atom is 0.102 e. The molecule has 2 N–H and O–H groups in total. The third-order valence-electron chi connectivity index (χ3n) is 3.05. The molecular formula is C14H20N2OS. The lowest BCUT2D eigenvalue weighted by atomic mass is 10.0. The molecule has 0 amide bonds. The standard InChI is InChI=1S/C14H20N2OS/c1-3-11(7-8-17)10-16-13-5-4-6-14(18-2)12(13)9-15/h4-6,11,16-17H,3,7-8,10H2,1-2H3. The topological polar surface area (TPSA) is 56.0 Å². The summed E-state index contributed by atoms with van der Waals surface area (Å²) in [5, 5.41) is 21.5. The summed E-state index contributed by atoms with van der Waals surface area (Å²) in [7, 11) is 0. The summed E-state index contributed by atoms with van der Waals surface area (Å²) in [6.45, 7) is 3.13. The monoisotopic (exact) mass is 264 g/mol. The first-order chi connectivity index (χ1) is 8.76. The summed E-state index contributed by atoms with van der Waals surface area (Å²) in [4.78, 5) is 0.998. The number of nitrogens with one attached hydrogen (secondary N) is 1. The van der Waals surface area contributed by atoms with Crippen LogP contribution < -0.4 is 5.32 Å². The number of nitriles is 1. The van der Waals surface area contributed by atoms with E-state index >= 15 is 0 Å². The van der Waals surface area contributed by atoms with Gasteiger partial charge in [-0.3, -0.25) is 0 Å². The minimum absolute atomic E-state index is 0.218. The van der Waals surface area contributed by atoms with Crippen molar-refractivity contribution in [2.24, 2.45) is 5.92 Å². The fourth-order valence-corrected chi connectivity index (χ4v) is 2.43. The van der Waals surface area contributed by atoms with Crippen LogP contribution in [-0.4, -0.2) is 24.5 Å². The van der Waals surface area contributed by atoms with Crippen molar-refractivity contribution in [3.8, 4) is 6.07 Å². The molecule has 1 aromatic rings. The Morgan fingerprint density at radius 2 is 2.28 bits per heavy atom. The first kappa shape index (κ1) is 14.9. The van der Waals surface area contributed by atoms with Crippen LogP contribution in [0.1, 0.15) is 25.3 Å². The number of thioether (sulfide) groups is 1. The third-order valence-corrected chi connectivity index (χ3v) is 3.83. The SMILES string of the molecule is CCC(CCO)CNc1cccc(SC)c1C#N. The minimum atomic E-state index is 0.218. The fourth-order valence-electron chi connectivity index (χ4n) is 1.85. The lowest BCUT2D eigenvalue weighted by Gasteiger charge is -2.16. The molecule has 0 aliphatic carbocycles. The van der Waals surface area contributed by atoms with Gasteiger partial charge in [-0.15, -0.1) is 11.8 Å². The van der Waals surface area contributed by atoms with Gasteiger partial charge in [0.25, 0.3) is 0 Å². The lowest BCUT2D eigenvalue weighted by molar-refractivity contribution is 0.258. The summed E-state index contributed by atoms with van der Waals surface area (Å²) in [6.07, 6.45) is 3.80. The average Bonchev–Trinajstić information content (AvgIpc) is 2.42. The van der Waals surface area contributed by atoms with Crippen LogP contribution in [-0.2, 0) is 0 Å². The Labute approximate surface area is 113 Å². The van der Waals surface area contributed by atoms with Crippen molar-refractivity contribution in [2.45, 2.75) is 24.7 Å². The summed E-state index contributed by atoms with van der Waals surface area (Å²) in [5.41, 5.74) is 1.60. The van der Waals surface area contributed by atoms with Crippen LogP contribution >= 0.6 is 11.8 Å². The predicted molar refractivity (Wildman–Crippen MR) is 76.9 cm³/mol. The zero-order valence-electron chi connectivity index (χ0n) is 10.9. The van der Waals surface area contributed by atoms with Crippen LogP contribution in [0.2, 0.25) is 0 Å². The summed E-state index contributed by atoms with van der Waals surface area (Å²) in [5.74, 6) is 0.444. The molecule has 0 saturated heterocycles. The van der Waals surface area contributed by atoms with Gasteiger partial charge >= 0.3 is 0 Å². The number of anilines is 1. The molecule has 0 spiro atoms. The number of nitrogens with zero attached hydrogens (tertiary/aromatic N) is 1. The predicted octanol–water partition coefficient (Wildman–Crippen LogP) is 3.10. The maximum atomic E-state index is 9.21. The van der Waals surface area contributed by atoms with Gasteiger partial charge in [-0.25, -0.2) is 0 Å². The van der Waals surface area contributed by atoms with Gasteiger partial charge < -0.3 is 10.4 Å². The second-order valence-electron chi connectivity index (χ2n) is 4.16. The zero-order chi connectivity index (χ0) is 13.4. The van der Waals surface area contributed by atoms with Crippen molar-refractivity contribution in [2.75, 3.05) is 24.7 Å². The van der Waals surface area contributed by atoms with E-state index < -0.39 is 0 Å². The number of aliphatic hydroxyl groups excluding tert-OH is 1. The second-order valence-corrected chi connectivity index (χ2v) is 5.01. The van der Waals surface area contributed by atoms with Gasteiger partial charge in [0.15, 0.2) is 0 Å². The van der Waals surface area contributed by atoms with Crippen LogP contribution in [0.25, 0.3) is 0 Å². The molecule has 0 bridgehead atoms. The van der Waals surface area contributed by atoms with E-state index in [1.165, 1.54) is 0 Å². The lowest BCUT2D eigenvalue weighted by Crippen LogP contribution is -2.15. The van der Waals surface area contributed by atoms with Gasteiger partial charge in [-0.1, -0.05) is 19.4 Å². The average molecular weight is 264 g/mol. The second kappa shape index (κ2) is 8.02. The largest absolute Gasteiger partial charge is 0.396 e. The van der Waals surface area contributed by atoms with E-state index in [9.17, 15) is 5.26 Å². The molecule has 3 nitrogen and oxygen atoms in total. The van der Waals surface area contributed by atoms with Gasteiger partial charge in [0.05, 0.1) is 11.3 Å². The van der Waals surface area contributed by atoms with Gasteiger partial charge in [0, 0.05) is 18.0 Å². The Morgan fingerprint density at radius 3 is 2.83 bits per heavy atom. The van der Waals surface area contributed by atoms with Crippen LogP contribution in [0.4, 0.5) is 5.69 Å². The number of rotatable bonds is 7. The van der Waals surface area contributed by atoms with E-state index in [0.717, 1.165) is 30.0 Å². The Balaban J connectivity index is 2.75. The van der Waals surface area contributed by atoms with E-state index in [1.807, 2.05) is 24.5 Å². The zero-order valence-corrected chi connectivity index (χ0v) is 11.8. The molecule has 0 aliphatic heterocycles. The number of hydrogen-bond acceptors (Lipinski definition) is 4. The van der Waals surface area contributed by atoms with Crippen LogP contribution in [0, 0.1) is 17.2 Å². The molecule has 0 heterocycles. The van der Waals surface area contributed by atoms with Crippen molar-refractivity contribution in [3.05, 3.63) is 23.8 Å². The molecule has 1 atom stereocenters. The molecule has 1 rings (SSSR count). The van der Waals surface area contributed by atoms with Crippen molar-refractivity contribution in [3.63, 3.8) is 0 Å². The molecule has 0 aromatic heterocycles. The molecular weight excluding hydrogens is 244 g/mol. The van der Waals surface area contributed by atoms with Gasteiger partial charge in [-0.05, 0) is 30.7 Å². The molecule has 98 valence electrons. The first-order valence-corrected chi connectivity index (χ1v) is 7.41. The highest BCUT2D eigenvalue weighted by molar-refractivity contribution is 7.98. The highest BCUT2D eigenvalue weighted by atomic mass is 32.2. The number of aliphatic hydroxyl groups is 1. The molecule has 4 heteroatoms. The number of hydrogen-bond donors (Lipinski definition) is 2. The minimum Gasteiger partial charge on any atom is -0.396 e. The number of benzene rings is 1. The van der Waals surface area contributed by atoms with Crippen molar-refractivity contribution < 1.29 is 5.11 Å². The van der Waals surface area contributed by atoms with Crippen LogP contribution in [0.5, 0.6) is 0 Å². The third kappa shape index (κ3) is 3.94. The quantitative estimate of drug-likeness (QED) is 0.743. The molecule has 0 radical (unpaired) electrons. The summed E-state index contributed by atoms with van der Waals surface area (Å²) < 4.78 is 0. The smallest absolute Gasteiger partial charge is 0.102 e. The van der Waals surface area contributed by atoms with Gasteiger partial charge in [-0.2, -0.15) is 5.26 Å². The molecule has 18 heavy (non-hydrogen) atoms. The Hall–Kier alpha value is -1.18. The molecule has 1 aromatic carbocycles. The Morgan fingerprint density at radius 1 is 1.50 bits per heavy atom. The summed E-state index contributed by atoms with van der Waals surface area (Å²) in [6, 6.07) is 8.11. The Bertz CT molecular complexity index is 415.